The molecule has 0 bridgehead atoms. The molecule has 16 heavy (non-hydrogen) atoms. The average Bonchev–Trinajstić information content (AvgIpc) is 2.66. The lowest BCUT2D eigenvalue weighted by atomic mass is 9.92. The summed E-state index contributed by atoms with van der Waals surface area (Å²) < 4.78 is 9.67. The van der Waals surface area contributed by atoms with Gasteiger partial charge in [0.25, 0.3) is 0 Å². The number of aliphatic carboxylic acids is 2. The van der Waals surface area contributed by atoms with Crippen LogP contribution in [0, 0.1) is 0 Å². The first kappa shape index (κ1) is 11.3. The third-order valence-electron chi connectivity index (χ3n) is 2.87. The van der Waals surface area contributed by atoms with Crippen LogP contribution in [0.15, 0.2) is 0 Å². The Morgan fingerprint density at radius 3 is 2.31 bits per heavy atom. The van der Waals surface area contributed by atoms with Gasteiger partial charge < -0.3 is 29.9 Å². The number of carboxylic acid groups (broad SMARTS) is 2. The van der Waals surface area contributed by atoms with Crippen LogP contribution in [0.3, 0.4) is 0 Å². The van der Waals surface area contributed by atoms with Gasteiger partial charge in [-0.3, -0.25) is 0 Å². The fourth-order valence-electron chi connectivity index (χ4n) is 2.08. The van der Waals surface area contributed by atoms with Crippen molar-refractivity contribution in [3.05, 3.63) is 0 Å². The zero-order chi connectivity index (χ0) is 12.1. The van der Waals surface area contributed by atoms with Crippen molar-refractivity contribution in [1.29, 1.82) is 0 Å². The van der Waals surface area contributed by atoms with Gasteiger partial charge in [-0.05, 0) is 0 Å². The Labute approximate surface area is 89.0 Å². The average molecular weight is 234 g/mol. The minimum Gasteiger partial charge on any atom is -0.479 e. The zero-order valence-corrected chi connectivity index (χ0v) is 7.94. The van der Waals surface area contributed by atoms with E-state index < -0.39 is 42.0 Å². The number of carbonyl (C=O) groups is 2. The molecule has 8 nitrogen and oxygen atoms in total. The number of hydrogen-bond donors (Lipinski definition) is 4. The highest BCUT2D eigenvalue weighted by Gasteiger charge is 2.69. The van der Waals surface area contributed by atoms with Crippen LogP contribution in [0.1, 0.15) is 0 Å². The SMILES string of the molecule is O=C(O)C1OC2(C(=O)O)[C@H](OC[C@@H]2O)[C@@H]1O. The van der Waals surface area contributed by atoms with Crippen LogP contribution in [0.25, 0.3) is 0 Å². The summed E-state index contributed by atoms with van der Waals surface area (Å²) >= 11 is 0. The molecule has 2 aliphatic heterocycles. The summed E-state index contributed by atoms with van der Waals surface area (Å²) in [5.74, 6) is -3.05. The van der Waals surface area contributed by atoms with Gasteiger partial charge in [0.2, 0.25) is 5.60 Å². The van der Waals surface area contributed by atoms with E-state index in [0.717, 1.165) is 0 Å². The molecule has 2 fully saturated rings. The number of hydrogen-bond acceptors (Lipinski definition) is 6. The van der Waals surface area contributed by atoms with Crippen LogP contribution in [-0.2, 0) is 19.1 Å². The number of fused-ring (bicyclic) bond motifs is 1. The summed E-state index contributed by atoms with van der Waals surface area (Å²) in [7, 11) is 0. The van der Waals surface area contributed by atoms with Crippen molar-refractivity contribution >= 4 is 11.9 Å². The lowest BCUT2D eigenvalue weighted by Crippen LogP contribution is -2.53. The van der Waals surface area contributed by atoms with Crippen molar-refractivity contribution < 1.29 is 39.5 Å². The summed E-state index contributed by atoms with van der Waals surface area (Å²) in [6.07, 6.45) is -6.21. The van der Waals surface area contributed by atoms with Crippen molar-refractivity contribution in [3.8, 4) is 0 Å². The van der Waals surface area contributed by atoms with Gasteiger partial charge in [0.15, 0.2) is 6.10 Å². The van der Waals surface area contributed by atoms with E-state index in [1.54, 1.807) is 0 Å². The number of aliphatic hydroxyl groups excluding tert-OH is 2. The smallest absolute Gasteiger partial charge is 0.341 e. The predicted molar refractivity (Wildman–Crippen MR) is 44.6 cm³/mol. The second-order valence-electron chi connectivity index (χ2n) is 3.74. The fourth-order valence-corrected chi connectivity index (χ4v) is 2.08. The van der Waals surface area contributed by atoms with E-state index in [0.29, 0.717) is 0 Å². The third kappa shape index (κ3) is 1.18. The Balaban J connectivity index is 2.39. The normalized spacial score (nSPS) is 46.6. The van der Waals surface area contributed by atoms with E-state index in [1.165, 1.54) is 0 Å². The molecule has 0 amide bonds. The van der Waals surface area contributed by atoms with Crippen molar-refractivity contribution in [1.82, 2.24) is 0 Å². The summed E-state index contributed by atoms with van der Waals surface area (Å²) in [5, 5.41) is 36.8. The molecule has 0 saturated carbocycles. The molecule has 2 rings (SSSR count). The van der Waals surface area contributed by atoms with E-state index >= 15 is 0 Å². The Morgan fingerprint density at radius 1 is 1.25 bits per heavy atom. The topological polar surface area (TPSA) is 134 Å². The van der Waals surface area contributed by atoms with Crippen LogP contribution < -0.4 is 0 Å². The van der Waals surface area contributed by atoms with E-state index in [2.05, 4.69) is 0 Å². The van der Waals surface area contributed by atoms with Gasteiger partial charge in [0.1, 0.15) is 18.3 Å². The van der Waals surface area contributed by atoms with Gasteiger partial charge in [-0.2, -0.15) is 0 Å². The maximum absolute atomic E-state index is 11.1. The minimum absolute atomic E-state index is 0.319. The highest BCUT2D eigenvalue weighted by Crippen LogP contribution is 2.41. The van der Waals surface area contributed by atoms with Crippen molar-refractivity contribution in [2.75, 3.05) is 6.61 Å². The highest BCUT2D eigenvalue weighted by atomic mass is 16.6. The highest BCUT2D eigenvalue weighted by molar-refractivity contribution is 5.83. The van der Waals surface area contributed by atoms with Gasteiger partial charge in [-0.15, -0.1) is 0 Å². The number of rotatable bonds is 2. The van der Waals surface area contributed by atoms with Crippen molar-refractivity contribution in [2.24, 2.45) is 0 Å². The number of carboxylic acids is 2. The Hall–Kier alpha value is -1.22. The first-order valence-electron chi connectivity index (χ1n) is 4.53. The molecule has 8 heteroatoms. The molecule has 90 valence electrons. The van der Waals surface area contributed by atoms with E-state index in [4.69, 9.17) is 19.7 Å². The Kier molecular flexibility index (Phi) is 2.39. The third-order valence-corrected chi connectivity index (χ3v) is 2.87. The fraction of sp³-hybridized carbons (Fsp3) is 0.750. The van der Waals surface area contributed by atoms with Crippen LogP contribution in [0.4, 0.5) is 0 Å². The standard InChI is InChI=1S/C8H10O8/c9-2-1-15-5-3(10)4(6(11)12)16-8(2,5)7(13)14/h2-5,9-10H,1H2,(H,11,12)(H,13,14)/t2-,3+,4?,5+,8?/m0/s1. The lowest BCUT2D eigenvalue weighted by molar-refractivity contribution is -0.183. The summed E-state index contributed by atoms with van der Waals surface area (Å²) in [6.45, 7) is -0.319. The second-order valence-corrected chi connectivity index (χ2v) is 3.74. The monoisotopic (exact) mass is 234 g/mol. The van der Waals surface area contributed by atoms with Gasteiger partial charge in [-0.25, -0.2) is 9.59 Å². The summed E-state index contributed by atoms with van der Waals surface area (Å²) in [5.41, 5.74) is -2.19. The van der Waals surface area contributed by atoms with Crippen molar-refractivity contribution in [2.45, 2.75) is 30.0 Å². The summed E-state index contributed by atoms with van der Waals surface area (Å²) in [6, 6.07) is 0. The molecular weight excluding hydrogens is 224 g/mol. The largest absolute Gasteiger partial charge is 0.479 e. The van der Waals surface area contributed by atoms with Gasteiger partial charge in [-0.1, -0.05) is 0 Å². The van der Waals surface area contributed by atoms with E-state index in [9.17, 15) is 19.8 Å². The number of ether oxygens (including phenoxy) is 2. The summed E-state index contributed by atoms with van der Waals surface area (Å²) in [4.78, 5) is 21.8. The lowest BCUT2D eigenvalue weighted by Gasteiger charge is -2.24. The molecule has 2 heterocycles. The Bertz CT molecular complexity index is 341. The molecule has 0 aromatic carbocycles. The first-order valence-corrected chi connectivity index (χ1v) is 4.53. The second kappa shape index (κ2) is 3.39. The zero-order valence-electron chi connectivity index (χ0n) is 7.94. The molecular formula is C8H10O8. The molecule has 4 N–H and O–H groups in total. The molecule has 2 saturated heterocycles. The van der Waals surface area contributed by atoms with E-state index in [1.807, 2.05) is 0 Å². The molecule has 5 atom stereocenters. The van der Waals surface area contributed by atoms with Gasteiger partial charge >= 0.3 is 11.9 Å². The molecule has 2 unspecified atom stereocenters. The molecule has 0 spiro atoms. The Morgan fingerprint density at radius 2 is 1.88 bits per heavy atom. The quantitative estimate of drug-likeness (QED) is 0.409. The van der Waals surface area contributed by atoms with Crippen LogP contribution in [-0.4, -0.2) is 69.0 Å². The van der Waals surface area contributed by atoms with Gasteiger partial charge in [0.05, 0.1) is 6.61 Å². The molecule has 0 aromatic heterocycles. The minimum atomic E-state index is -2.19. The van der Waals surface area contributed by atoms with E-state index in [-0.39, 0.29) is 6.61 Å². The first-order chi connectivity index (χ1) is 7.41. The van der Waals surface area contributed by atoms with Crippen LogP contribution in [0.2, 0.25) is 0 Å². The van der Waals surface area contributed by atoms with Gasteiger partial charge in [0, 0.05) is 0 Å². The maximum Gasteiger partial charge on any atom is 0.341 e. The number of aliphatic hydroxyl groups is 2. The molecule has 0 aliphatic carbocycles. The van der Waals surface area contributed by atoms with Crippen LogP contribution >= 0.6 is 0 Å². The molecule has 0 radical (unpaired) electrons. The maximum atomic E-state index is 11.1. The van der Waals surface area contributed by atoms with Crippen molar-refractivity contribution in [3.63, 3.8) is 0 Å². The van der Waals surface area contributed by atoms with Crippen LogP contribution in [0.5, 0.6) is 0 Å². The molecule has 2 aliphatic rings. The molecule has 0 aromatic rings. The predicted octanol–water partition coefficient (Wildman–Crippen LogP) is -2.59.